The first-order chi connectivity index (χ1) is 1.00. The zero-order valence-corrected chi connectivity index (χ0v) is 4.58. The van der Waals surface area contributed by atoms with Crippen LogP contribution in [0.4, 0.5) is 0 Å². The van der Waals surface area contributed by atoms with Gasteiger partial charge in [0.1, 0.15) is 0 Å². The van der Waals surface area contributed by atoms with Gasteiger partial charge in [0, 0.05) is 7.44 Å². The van der Waals surface area contributed by atoms with Crippen molar-refractivity contribution < 1.29 is 20.3 Å². The molecule has 0 heterocycles. The molecule has 0 nitrogen and oxygen atoms in total. The molecule has 0 rings (SSSR count). The third-order valence-electron chi connectivity index (χ3n) is 0. The second-order valence-electron chi connectivity index (χ2n) is 0. The molecule has 4 heteroatoms. The first kappa shape index (κ1) is 18.1. The van der Waals surface area contributed by atoms with Crippen molar-refractivity contribution in [3.05, 3.63) is 0 Å². The minimum absolute atomic E-state index is 0. The molecule has 0 aliphatic carbocycles. The average Bonchev–Trinajstić information content (AvgIpc) is 1.00. The molecule has 0 aromatic heterocycles. The third kappa shape index (κ3) is 9.96. The maximum absolute atomic E-state index is 4.64. The minimum Gasteiger partial charge on any atom is -1.00 e. The fourth-order valence-electron chi connectivity index (χ4n) is 0. The molecule has 0 saturated heterocycles. The summed E-state index contributed by atoms with van der Waals surface area (Å²) in [6, 6.07) is 0. The molecule has 0 atom stereocenters. The zero-order valence-electron chi connectivity index (χ0n) is 3.58. The number of rotatable bonds is 0. The fraction of sp³-hybridized carbons (Fsp3) is 0. The molecule has 18 valence electrons. The Hall–Kier alpha value is 1.41. The number of hydrogen-bond donors (Lipinski definition) is 0. The van der Waals surface area contributed by atoms with E-state index in [4.69, 9.17) is 0 Å². The topological polar surface area (TPSA) is 0 Å². The summed E-state index contributed by atoms with van der Waals surface area (Å²) >= 11 is 0. The van der Waals surface area contributed by atoms with Gasteiger partial charge < -0.3 is 1.43 Å². The standard InChI is InChI=1S/Al.BH3Si.Li.4H/c;1-2;;;;;/h;2H3;;;;;/q;;+1;;;;-1. The van der Waals surface area contributed by atoms with E-state index in [0.717, 1.165) is 10.1 Å². The molecule has 0 amide bonds. The van der Waals surface area contributed by atoms with Gasteiger partial charge in [-0.25, -0.2) is 0 Å². The molecule has 0 aliphatic heterocycles. The molecular formula is H7AlBLiSi. The van der Waals surface area contributed by atoms with E-state index in [1.54, 1.807) is 0 Å². The Bertz CT molecular complexity index is 11.6. The summed E-state index contributed by atoms with van der Waals surface area (Å²) in [7, 11) is 5.44. The summed E-state index contributed by atoms with van der Waals surface area (Å²) in [5.41, 5.74) is 0. The van der Waals surface area contributed by atoms with E-state index in [2.05, 4.69) is 7.44 Å². The van der Waals surface area contributed by atoms with Crippen LogP contribution in [0.3, 0.4) is 0 Å². The summed E-state index contributed by atoms with van der Waals surface area (Å²) in [6.45, 7) is 0. The van der Waals surface area contributed by atoms with Crippen molar-refractivity contribution in [2.75, 3.05) is 0 Å². The maximum Gasteiger partial charge on any atom is 1.00 e. The second-order valence-corrected chi connectivity index (χ2v) is 0. The van der Waals surface area contributed by atoms with Crippen LogP contribution in [0.15, 0.2) is 0 Å². The van der Waals surface area contributed by atoms with Crippen molar-refractivity contribution in [2.24, 2.45) is 0 Å². The summed E-state index contributed by atoms with van der Waals surface area (Å²) in [6.07, 6.45) is 0. The van der Waals surface area contributed by atoms with Crippen LogP contribution in [0.2, 0.25) is 0 Å². The summed E-state index contributed by atoms with van der Waals surface area (Å²) < 4.78 is 0. The Morgan fingerprint density at radius 2 is 1.50 bits per heavy atom. The monoisotopic (exact) mass is 80.0 g/mol. The van der Waals surface area contributed by atoms with E-state index in [-0.39, 0.29) is 37.6 Å². The van der Waals surface area contributed by atoms with Crippen LogP contribution < -0.4 is 18.9 Å². The van der Waals surface area contributed by atoms with Crippen molar-refractivity contribution in [3.8, 4) is 0 Å². The fourth-order valence-corrected chi connectivity index (χ4v) is 0. The molecule has 0 aromatic rings. The van der Waals surface area contributed by atoms with E-state index >= 15 is 0 Å². The third-order valence-corrected chi connectivity index (χ3v) is 0. The molecule has 0 aliphatic rings. The van der Waals surface area contributed by atoms with Crippen LogP contribution in [0.5, 0.6) is 0 Å². The summed E-state index contributed by atoms with van der Waals surface area (Å²) in [5.74, 6) is 0. The average molecular weight is 79.9 g/mol. The van der Waals surface area contributed by atoms with Gasteiger partial charge in [-0.2, -0.15) is 0 Å². The van der Waals surface area contributed by atoms with Crippen LogP contribution in [0, 0.1) is 0 Å². The van der Waals surface area contributed by atoms with Crippen LogP contribution >= 0.6 is 0 Å². The second kappa shape index (κ2) is 25.8. The van der Waals surface area contributed by atoms with Crippen molar-refractivity contribution in [3.63, 3.8) is 0 Å². The van der Waals surface area contributed by atoms with Gasteiger partial charge >= 0.3 is 18.9 Å². The normalized spacial score (nSPS) is 2.00. The van der Waals surface area contributed by atoms with E-state index in [9.17, 15) is 0 Å². The quantitative estimate of drug-likeness (QED) is 0.254. The van der Waals surface area contributed by atoms with Crippen LogP contribution in [-0.4, -0.2) is 34.9 Å². The molecule has 0 saturated carbocycles. The van der Waals surface area contributed by atoms with Gasteiger partial charge in [-0.1, -0.05) is 0 Å². The summed E-state index contributed by atoms with van der Waals surface area (Å²) in [4.78, 5) is 0. The number of hydrogen-bond acceptors (Lipinski definition) is 0. The van der Waals surface area contributed by atoms with Gasteiger partial charge in [0.2, 0.25) is 0 Å². The Morgan fingerprint density at radius 1 is 1.50 bits per heavy atom. The first-order valence-corrected chi connectivity index (χ1v) is 1.73. The molecule has 0 unspecified atom stereocenters. The predicted molar refractivity (Wildman–Crippen MR) is 26.7 cm³/mol. The van der Waals surface area contributed by atoms with Gasteiger partial charge in [0.05, 0.1) is 0 Å². The van der Waals surface area contributed by atoms with Gasteiger partial charge in [0.15, 0.2) is 17.4 Å². The van der Waals surface area contributed by atoms with Crippen LogP contribution in [0.1, 0.15) is 1.43 Å². The Morgan fingerprint density at radius 3 is 1.50 bits per heavy atom. The first-order valence-electron chi connectivity index (χ1n) is 0.577. The summed E-state index contributed by atoms with van der Waals surface area (Å²) in [5, 5.41) is 0. The molecule has 2 radical (unpaired) electrons. The Labute approximate surface area is 55.3 Å². The van der Waals surface area contributed by atoms with E-state index < -0.39 is 0 Å². The van der Waals surface area contributed by atoms with Gasteiger partial charge in [-0.05, 0) is 10.1 Å². The zero-order chi connectivity index (χ0) is 2.00. The molecular weight excluding hydrogens is 72.8 g/mol. The minimum atomic E-state index is 0. The molecule has 0 bridgehead atoms. The maximum atomic E-state index is 4.64. The Kier molecular flexibility index (Phi) is 117. The van der Waals surface area contributed by atoms with Crippen LogP contribution in [0.25, 0.3) is 0 Å². The predicted octanol–water partition coefficient (Wildman–Crippen LogP) is -5.63. The van der Waals surface area contributed by atoms with Gasteiger partial charge in [-0.3, -0.25) is 0 Å². The molecule has 0 aromatic carbocycles. The Balaban J connectivity index is -0.00000000167. The molecule has 0 spiro atoms. The van der Waals surface area contributed by atoms with Crippen LogP contribution in [-0.2, 0) is 0 Å². The van der Waals surface area contributed by atoms with Crippen molar-refractivity contribution in [2.45, 2.75) is 0 Å². The van der Waals surface area contributed by atoms with E-state index in [0.29, 0.717) is 0 Å². The van der Waals surface area contributed by atoms with Crippen molar-refractivity contribution in [1.29, 1.82) is 0 Å². The van der Waals surface area contributed by atoms with Gasteiger partial charge in [0.25, 0.3) is 0 Å². The molecule has 0 fully saturated rings. The van der Waals surface area contributed by atoms with Crippen molar-refractivity contribution >= 4 is 34.9 Å². The van der Waals surface area contributed by atoms with E-state index in [1.165, 1.54) is 0 Å². The largest absolute Gasteiger partial charge is 1.00 e. The van der Waals surface area contributed by atoms with E-state index in [1.807, 2.05) is 0 Å². The van der Waals surface area contributed by atoms with Gasteiger partial charge in [-0.15, -0.1) is 0 Å². The SMILES string of the molecule is [AlH3].[B][SiH3].[H-].[Li+]. The smallest absolute Gasteiger partial charge is 1.00 e. The molecule has 4 heavy (non-hydrogen) atoms. The molecule has 0 N–H and O–H groups in total. The van der Waals surface area contributed by atoms with Crippen molar-refractivity contribution in [1.82, 2.24) is 0 Å².